The van der Waals surface area contributed by atoms with Gasteiger partial charge < -0.3 is 15.2 Å². The molecule has 1 saturated heterocycles. The third kappa shape index (κ3) is 4.04. The number of nitrogens with zero attached hydrogens (tertiary/aromatic N) is 2. The second kappa shape index (κ2) is 8.60. The highest BCUT2D eigenvalue weighted by atomic mass is 16.5. The smallest absolute Gasteiger partial charge is 0.324 e. The number of pyridine rings is 1. The number of likely N-dealkylation sites (N-methyl/N-ethyl adjacent to an activating group) is 1. The number of hydrogen-bond donors (Lipinski definition) is 2. The number of carboxylic acids is 1. The fourth-order valence-corrected chi connectivity index (χ4v) is 4.03. The summed E-state index contributed by atoms with van der Waals surface area (Å²) in [6.07, 6.45) is 4.14. The summed E-state index contributed by atoms with van der Waals surface area (Å²) in [7, 11) is 3.38. The fraction of sp³-hybridized carbons (Fsp3) is 0.632. The molecule has 0 radical (unpaired) electrons. The first kappa shape index (κ1) is 20.3. The Morgan fingerprint density at radius 2 is 2.23 bits per heavy atom. The topological polar surface area (TPSA) is 91.8 Å². The van der Waals surface area contributed by atoms with Crippen molar-refractivity contribution in [3.63, 3.8) is 0 Å². The number of likely N-dealkylation sites (tertiary alicyclic amines) is 1. The number of carbonyl (C=O) groups is 2. The first-order chi connectivity index (χ1) is 12.3. The Morgan fingerprint density at radius 3 is 2.77 bits per heavy atom. The summed E-state index contributed by atoms with van der Waals surface area (Å²) < 4.78 is 4.99. The lowest BCUT2D eigenvalue weighted by molar-refractivity contribution is -0.151. The molecule has 1 aliphatic heterocycles. The Balaban J connectivity index is 2.39. The SMILES string of the molecule is COCCNC(=O)[C@@H]1C[C@](CC(C)C)(C(=O)O)N(C)[C@@H]1c1cccnc1. The minimum atomic E-state index is -1.07. The largest absolute Gasteiger partial charge is 0.480 e. The van der Waals surface area contributed by atoms with E-state index in [0.717, 1.165) is 5.56 Å². The van der Waals surface area contributed by atoms with Crippen molar-refractivity contribution in [1.82, 2.24) is 15.2 Å². The maximum absolute atomic E-state index is 12.8. The van der Waals surface area contributed by atoms with Crippen LogP contribution in [0.5, 0.6) is 0 Å². The van der Waals surface area contributed by atoms with Crippen LogP contribution in [0, 0.1) is 11.8 Å². The van der Waals surface area contributed by atoms with Crippen LogP contribution in [0.3, 0.4) is 0 Å². The van der Waals surface area contributed by atoms with E-state index in [2.05, 4.69) is 10.3 Å². The van der Waals surface area contributed by atoms with Crippen molar-refractivity contribution in [2.75, 3.05) is 27.3 Å². The molecule has 0 bridgehead atoms. The van der Waals surface area contributed by atoms with Crippen LogP contribution in [0.4, 0.5) is 0 Å². The molecule has 0 aliphatic carbocycles. The Morgan fingerprint density at radius 1 is 1.50 bits per heavy atom. The highest BCUT2D eigenvalue weighted by Gasteiger charge is 2.57. The van der Waals surface area contributed by atoms with Crippen LogP contribution in [0.1, 0.15) is 38.3 Å². The van der Waals surface area contributed by atoms with E-state index in [-0.39, 0.29) is 24.3 Å². The normalized spacial score (nSPS) is 26.2. The van der Waals surface area contributed by atoms with E-state index in [9.17, 15) is 14.7 Å². The van der Waals surface area contributed by atoms with Crippen LogP contribution in [0.15, 0.2) is 24.5 Å². The average molecular weight is 363 g/mol. The maximum atomic E-state index is 12.8. The first-order valence-corrected chi connectivity index (χ1v) is 8.96. The van der Waals surface area contributed by atoms with Crippen molar-refractivity contribution in [1.29, 1.82) is 0 Å². The van der Waals surface area contributed by atoms with Gasteiger partial charge in [0.15, 0.2) is 0 Å². The molecule has 144 valence electrons. The first-order valence-electron chi connectivity index (χ1n) is 8.96. The number of aliphatic carboxylic acids is 1. The summed E-state index contributed by atoms with van der Waals surface area (Å²) in [5.74, 6) is -1.29. The average Bonchev–Trinajstić information content (AvgIpc) is 2.89. The lowest BCUT2D eigenvalue weighted by Crippen LogP contribution is -2.50. The van der Waals surface area contributed by atoms with Crippen LogP contribution in [0.2, 0.25) is 0 Å². The van der Waals surface area contributed by atoms with Crippen LogP contribution in [-0.4, -0.2) is 59.7 Å². The second-order valence-corrected chi connectivity index (χ2v) is 7.37. The van der Waals surface area contributed by atoms with Gasteiger partial charge in [0.1, 0.15) is 5.54 Å². The second-order valence-electron chi connectivity index (χ2n) is 7.37. The molecule has 1 aromatic rings. The molecule has 2 N–H and O–H groups in total. The zero-order chi connectivity index (χ0) is 19.3. The molecule has 26 heavy (non-hydrogen) atoms. The zero-order valence-corrected chi connectivity index (χ0v) is 15.9. The number of nitrogens with one attached hydrogen (secondary N) is 1. The number of carbonyl (C=O) groups excluding carboxylic acids is 1. The van der Waals surface area contributed by atoms with Gasteiger partial charge in [0, 0.05) is 32.1 Å². The molecule has 3 atom stereocenters. The predicted octanol–water partition coefficient (Wildman–Crippen LogP) is 1.71. The number of amides is 1. The molecule has 7 heteroatoms. The Kier molecular flexibility index (Phi) is 6.72. The predicted molar refractivity (Wildman–Crippen MR) is 97.6 cm³/mol. The van der Waals surface area contributed by atoms with E-state index in [1.54, 1.807) is 26.6 Å². The van der Waals surface area contributed by atoms with Gasteiger partial charge in [-0.05, 0) is 37.4 Å². The Bertz CT molecular complexity index is 622. The van der Waals surface area contributed by atoms with Gasteiger partial charge in [-0.3, -0.25) is 19.5 Å². The number of ether oxygens (including phenoxy) is 1. The van der Waals surface area contributed by atoms with E-state index >= 15 is 0 Å². The van der Waals surface area contributed by atoms with Gasteiger partial charge in [-0.25, -0.2) is 0 Å². The van der Waals surface area contributed by atoms with Gasteiger partial charge in [0.25, 0.3) is 0 Å². The molecule has 1 amide bonds. The Hall–Kier alpha value is -1.99. The van der Waals surface area contributed by atoms with E-state index in [1.807, 2.05) is 30.9 Å². The molecule has 2 heterocycles. The van der Waals surface area contributed by atoms with Gasteiger partial charge in [-0.1, -0.05) is 19.9 Å². The minimum Gasteiger partial charge on any atom is -0.480 e. The maximum Gasteiger partial charge on any atom is 0.324 e. The summed E-state index contributed by atoms with van der Waals surface area (Å²) in [5.41, 5.74) is -0.216. The minimum absolute atomic E-state index is 0.144. The quantitative estimate of drug-likeness (QED) is 0.683. The molecular formula is C19H29N3O4. The van der Waals surface area contributed by atoms with Gasteiger partial charge in [0.05, 0.1) is 12.5 Å². The lowest BCUT2D eigenvalue weighted by Gasteiger charge is -2.36. The molecule has 1 aromatic heterocycles. The molecule has 1 fully saturated rings. The zero-order valence-electron chi connectivity index (χ0n) is 15.9. The summed E-state index contributed by atoms with van der Waals surface area (Å²) >= 11 is 0. The van der Waals surface area contributed by atoms with Crippen molar-refractivity contribution in [2.24, 2.45) is 11.8 Å². The number of methoxy groups -OCH3 is 1. The van der Waals surface area contributed by atoms with Gasteiger partial charge in [-0.2, -0.15) is 0 Å². The number of aromatic nitrogens is 1. The molecule has 0 unspecified atom stereocenters. The van der Waals surface area contributed by atoms with Crippen LogP contribution in [0.25, 0.3) is 0 Å². The van der Waals surface area contributed by atoms with Crippen molar-refractivity contribution in [2.45, 2.75) is 38.3 Å². The molecule has 1 aliphatic rings. The third-order valence-corrected chi connectivity index (χ3v) is 5.14. The van der Waals surface area contributed by atoms with E-state index in [1.165, 1.54) is 0 Å². The molecule has 0 saturated carbocycles. The van der Waals surface area contributed by atoms with Gasteiger partial charge in [-0.15, -0.1) is 0 Å². The van der Waals surface area contributed by atoms with E-state index in [4.69, 9.17) is 4.74 Å². The van der Waals surface area contributed by atoms with Crippen molar-refractivity contribution in [3.8, 4) is 0 Å². The monoisotopic (exact) mass is 363 g/mol. The summed E-state index contributed by atoms with van der Waals surface area (Å²) in [6.45, 7) is 4.83. The van der Waals surface area contributed by atoms with Gasteiger partial charge in [0.2, 0.25) is 5.91 Å². The molecule has 2 rings (SSSR count). The molecule has 0 aromatic carbocycles. The number of carboxylic acid groups (broad SMARTS) is 1. The van der Waals surface area contributed by atoms with Crippen LogP contribution in [-0.2, 0) is 14.3 Å². The van der Waals surface area contributed by atoms with Gasteiger partial charge >= 0.3 is 5.97 Å². The summed E-state index contributed by atoms with van der Waals surface area (Å²) in [6, 6.07) is 3.38. The third-order valence-electron chi connectivity index (χ3n) is 5.14. The van der Waals surface area contributed by atoms with Crippen molar-refractivity contribution in [3.05, 3.63) is 30.1 Å². The molecule has 7 nitrogen and oxygen atoms in total. The number of rotatable bonds is 8. The highest BCUT2D eigenvalue weighted by Crippen LogP contribution is 2.48. The highest BCUT2D eigenvalue weighted by molar-refractivity contribution is 5.85. The van der Waals surface area contributed by atoms with Crippen molar-refractivity contribution < 1.29 is 19.4 Å². The summed E-state index contributed by atoms with van der Waals surface area (Å²) in [4.78, 5) is 31.1. The van der Waals surface area contributed by atoms with E-state index in [0.29, 0.717) is 19.6 Å². The van der Waals surface area contributed by atoms with Crippen molar-refractivity contribution >= 4 is 11.9 Å². The summed E-state index contributed by atoms with van der Waals surface area (Å²) in [5, 5.41) is 12.9. The number of hydrogen-bond acceptors (Lipinski definition) is 5. The molecule has 0 spiro atoms. The van der Waals surface area contributed by atoms with E-state index < -0.39 is 17.4 Å². The van der Waals surface area contributed by atoms with Crippen LogP contribution < -0.4 is 5.32 Å². The molecular weight excluding hydrogens is 334 g/mol. The standard InChI is InChI=1S/C19H29N3O4/c1-13(2)10-19(18(24)25)11-15(17(23)21-8-9-26-4)16(22(19)3)14-6-5-7-20-12-14/h5-7,12-13,15-16H,8-11H2,1-4H3,(H,21,23)(H,24,25)/t15-,16-,19-/m1/s1. The Labute approximate surface area is 154 Å². The lowest BCUT2D eigenvalue weighted by atomic mass is 9.83. The fourth-order valence-electron chi connectivity index (χ4n) is 4.03. The van der Waals surface area contributed by atoms with Crippen LogP contribution >= 0.6 is 0 Å².